The standard InChI is InChI=1S/C18H22ClN3O2/c1-18(2,3)24-17(23)22-9-5-12(6-10-22)16-13-7-8-21(4)14(13)11-15(19)20-16/h5,7-8,11H,6,9-10H2,1-4H3. The number of aromatic nitrogens is 2. The third kappa shape index (κ3) is 3.41. The van der Waals surface area contributed by atoms with Crippen molar-refractivity contribution in [3.8, 4) is 0 Å². The molecule has 0 bridgehead atoms. The molecule has 0 spiro atoms. The second-order valence-electron chi connectivity index (χ2n) is 7.06. The number of hydrogen-bond acceptors (Lipinski definition) is 3. The van der Waals surface area contributed by atoms with Crippen LogP contribution in [0.2, 0.25) is 5.15 Å². The molecular formula is C18H22ClN3O2. The Labute approximate surface area is 146 Å². The molecule has 0 radical (unpaired) electrons. The summed E-state index contributed by atoms with van der Waals surface area (Å²) in [4.78, 5) is 18.4. The Morgan fingerprint density at radius 2 is 2.12 bits per heavy atom. The Kier molecular flexibility index (Phi) is 4.30. The van der Waals surface area contributed by atoms with Crippen LogP contribution in [0.25, 0.3) is 16.5 Å². The summed E-state index contributed by atoms with van der Waals surface area (Å²) >= 11 is 6.19. The van der Waals surface area contributed by atoms with Crippen LogP contribution < -0.4 is 0 Å². The number of amides is 1. The SMILES string of the molecule is Cn1ccc2c(C3=CCN(C(=O)OC(C)(C)C)CC3)nc(Cl)cc21. The highest BCUT2D eigenvalue weighted by molar-refractivity contribution is 6.30. The predicted molar refractivity (Wildman–Crippen MR) is 96.1 cm³/mol. The molecule has 5 nitrogen and oxygen atoms in total. The quantitative estimate of drug-likeness (QED) is 0.724. The summed E-state index contributed by atoms with van der Waals surface area (Å²) in [7, 11) is 1.99. The van der Waals surface area contributed by atoms with Crippen LogP contribution in [0.3, 0.4) is 0 Å². The third-order valence-corrected chi connectivity index (χ3v) is 4.21. The topological polar surface area (TPSA) is 47.4 Å². The first-order valence-corrected chi connectivity index (χ1v) is 8.41. The van der Waals surface area contributed by atoms with E-state index in [9.17, 15) is 4.79 Å². The first kappa shape index (κ1) is 16.8. The van der Waals surface area contributed by atoms with Crippen LogP contribution in [-0.2, 0) is 11.8 Å². The van der Waals surface area contributed by atoms with Gasteiger partial charge in [0.05, 0.1) is 11.2 Å². The van der Waals surface area contributed by atoms with E-state index < -0.39 is 5.60 Å². The Hall–Kier alpha value is -2.01. The third-order valence-electron chi connectivity index (χ3n) is 4.02. The molecule has 3 rings (SSSR count). The smallest absolute Gasteiger partial charge is 0.410 e. The number of carbonyl (C=O) groups excluding carboxylic acids is 1. The molecule has 0 aromatic carbocycles. The molecule has 0 fully saturated rings. The van der Waals surface area contributed by atoms with Crippen LogP contribution >= 0.6 is 11.6 Å². The van der Waals surface area contributed by atoms with E-state index in [2.05, 4.69) is 11.1 Å². The molecule has 0 saturated carbocycles. The van der Waals surface area contributed by atoms with E-state index in [0.29, 0.717) is 18.2 Å². The molecule has 0 saturated heterocycles. The van der Waals surface area contributed by atoms with Crippen molar-refractivity contribution in [2.24, 2.45) is 7.05 Å². The molecule has 6 heteroatoms. The van der Waals surface area contributed by atoms with Crippen LogP contribution in [0, 0.1) is 0 Å². The fourth-order valence-electron chi connectivity index (χ4n) is 2.86. The van der Waals surface area contributed by atoms with Gasteiger partial charge >= 0.3 is 6.09 Å². The lowest BCUT2D eigenvalue weighted by Crippen LogP contribution is -2.39. The zero-order chi connectivity index (χ0) is 17.5. The molecule has 0 unspecified atom stereocenters. The summed E-state index contributed by atoms with van der Waals surface area (Å²) in [6.07, 6.45) is 4.50. The lowest BCUT2D eigenvalue weighted by molar-refractivity contribution is 0.0270. The second kappa shape index (κ2) is 6.13. The Balaban J connectivity index is 1.84. The van der Waals surface area contributed by atoms with Crippen LogP contribution in [0.15, 0.2) is 24.4 Å². The molecule has 2 aromatic rings. The van der Waals surface area contributed by atoms with Gasteiger partial charge in [-0.25, -0.2) is 9.78 Å². The maximum atomic E-state index is 12.2. The number of aryl methyl sites for hydroxylation is 1. The lowest BCUT2D eigenvalue weighted by Gasteiger charge is -2.29. The van der Waals surface area contributed by atoms with Gasteiger partial charge in [-0.15, -0.1) is 0 Å². The Morgan fingerprint density at radius 1 is 1.38 bits per heavy atom. The molecule has 0 N–H and O–H groups in total. The largest absolute Gasteiger partial charge is 0.444 e. The highest BCUT2D eigenvalue weighted by Crippen LogP contribution is 2.30. The number of ether oxygens (including phenoxy) is 1. The Bertz CT molecular complexity index is 818. The number of carbonyl (C=O) groups is 1. The highest BCUT2D eigenvalue weighted by Gasteiger charge is 2.24. The van der Waals surface area contributed by atoms with E-state index in [1.54, 1.807) is 4.90 Å². The number of halogens is 1. The molecule has 1 aliphatic heterocycles. The van der Waals surface area contributed by atoms with Crippen molar-refractivity contribution in [2.75, 3.05) is 13.1 Å². The molecule has 0 aliphatic carbocycles. The first-order chi connectivity index (χ1) is 11.2. The second-order valence-corrected chi connectivity index (χ2v) is 7.45. The van der Waals surface area contributed by atoms with Crippen LogP contribution in [0.5, 0.6) is 0 Å². The van der Waals surface area contributed by atoms with Gasteiger partial charge < -0.3 is 14.2 Å². The summed E-state index contributed by atoms with van der Waals surface area (Å²) < 4.78 is 7.46. The fraction of sp³-hybridized carbons (Fsp3) is 0.444. The van der Waals surface area contributed by atoms with Crippen molar-refractivity contribution in [1.82, 2.24) is 14.5 Å². The minimum atomic E-state index is -0.480. The summed E-state index contributed by atoms with van der Waals surface area (Å²) in [5.41, 5.74) is 2.60. The van der Waals surface area contributed by atoms with Crippen LogP contribution in [-0.4, -0.2) is 39.2 Å². The maximum absolute atomic E-state index is 12.2. The molecule has 1 aliphatic rings. The monoisotopic (exact) mass is 347 g/mol. The summed E-state index contributed by atoms with van der Waals surface area (Å²) in [6.45, 7) is 6.75. The number of nitrogens with zero attached hydrogens (tertiary/aromatic N) is 3. The van der Waals surface area contributed by atoms with E-state index >= 15 is 0 Å². The van der Waals surface area contributed by atoms with Crippen molar-refractivity contribution in [2.45, 2.75) is 32.8 Å². The van der Waals surface area contributed by atoms with Gasteiger partial charge in [-0.1, -0.05) is 17.7 Å². The van der Waals surface area contributed by atoms with Gasteiger partial charge in [-0.05, 0) is 44.9 Å². The van der Waals surface area contributed by atoms with Crippen LogP contribution in [0.1, 0.15) is 32.9 Å². The minimum Gasteiger partial charge on any atom is -0.444 e. The van der Waals surface area contributed by atoms with Crippen molar-refractivity contribution < 1.29 is 9.53 Å². The van der Waals surface area contributed by atoms with Gasteiger partial charge in [0.15, 0.2) is 0 Å². The average Bonchev–Trinajstić information content (AvgIpc) is 2.86. The number of hydrogen-bond donors (Lipinski definition) is 0. The van der Waals surface area contributed by atoms with E-state index in [1.165, 1.54) is 0 Å². The van der Waals surface area contributed by atoms with Crippen molar-refractivity contribution in [3.05, 3.63) is 35.3 Å². The van der Waals surface area contributed by atoms with Crippen LogP contribution in [0.4, 0.5) is 4.79 Å². The van der Waals surface area contributed by atoms with Gasteiger partial charge in [-0.2, -0.15) is 0 Å². The Morgan fingerprint density at radius 3 is 2.75 bits per heavy atom. The van der Waals surface area contributed by atoms with Gasteiger partial charge in [0.2, 0.25) is 0 Å². The van der Waals surface area contributed by atoms with E-state index in [-0.39, 0.29) is 6.09 Å². The van der Waals surface area contributed by atoms with E-state index in [0.717, 1.165) is 28.6 Å². The average molecular weight is 348 g/mol. The summed E-state index contributed by atoms with van der Waals surface area (Å²) in [5, 5.41) is 1.56. The van der Waals surface area contributed by atoms with Crippen molar-refractivity contribution in [1.29, 1.82) is 0 Å². The van der Waals surface area contributed by atoms with E-state index in [4.69, 9.17) is 16.3 Å². The van der Waals surface area contributed by atoms with Crippen molar-refractivity contribution in [3.63, 3.8) is 0 Å². The normalized spacial score (nSPS) is 15.5. The van der Waals surface area contributed by atoms with Gasteiger partial charge in [0.25, 0.3) is 0 Å². The minimum absolute atomic E-state index is 0.276. The first-order valence-electron chi connectivity index (χ1n) is 8.03. The highest BCUT2D eigenvalue weighted by atomic mass is 35.5. The lowest BCUT2D eigenvalue weighted by atomic mass is 10.0. The summed E-state index contributed by atoms with van der Waals surface area (Å²) in [5.74, 6) is 0. The number of fused-ring (bicyclic) bond motifs is 1. The molecular weight excluding hydrogens is 326 g/mol. The molecule has 3 heterocycles. The zero-order valence-corrected chi connectivity index (χ0v) is 15.2. The van der Waals surface area contributed by atoms with E-state index in [1.807, 2.05) is 50.7 Å². The number of pyridine rings is 1. The molecule has 1 amide bonds. The summed E-state index contributed by atoms with van der Waals surface area (Å²) in [6, 6.07) is 3.92. The van der Waals surface area contributed by atoms with Crippen molar-refractivity contribution >= 4 is 34.2 Å². The maximum Gasteiger partial charge on any atom is 0.410 e. The molecule has 128 valence electrons. The van der Waals surface area contributed by atoms with Gasteiger partial charge in [-0.3, -0.25) is 0 Å². The fourth-order valence-corrected chi connectivity index (χ4v) is 3.04. The van der Waals surface area contributed by atoms with Gasteiger partial charge in [0.1, 0.15) is 10.8 Å². The molecule has 24 heavy (non-hydrogen) atoms. The number of rotatable bonds is 1. The zero-order valence-electron chi connectivity index (χ0n) is 14.5. The molecule has 0 atom stereocenters. The molecule has 2 aromatic heterocycles. The van der Waals surface area contributed by atoms with Gasteiger partial charge in [0, 0.05) is 31.7 Å². The predicted octanol–water partition coefficient (Wildman–Crippen LogP) is 4.25.